The van der Waals surface area contributed by atoms with Gasteiger partial charge in [-0.25, -0.2) is 0 Å². The molecule has 5 rings (SSSR count). The summed E-state index contributed by atoms with van der Waals surface area (Å²) in [5.74, 6) is 1.75. The quantitative estimate of drug-likeness (QED) is 0.602. The van der Waals surface area contributed by atoms with Crippen LogP contribution in [0.1, 0.15) is 41.9 Å². The zero-order valence-electron chi connectivity index (χ0n) is 17.2. The van der Waals surface area contributed by atoms with Crippen molar-refractivity contribution in [1.29, 1.82) is 0 Å². The van der Waals surface area contributed by atoms with Crippen LogP contribution >= 0.6 is 15.9 Å². The first-order valence-electron chi connectivity index (χ1n) is 10.4. The minimum absolute atomic E-state index is 0.0319. The number of methoxy groups -OCH3 is 2. The molecule has 1 atom stereocenters. The normalized spacial score (nSPS) is 20.2. The third-order valence-electron chi connectivity index (χ3n) is 6.38. The number of halogens is 1. The van der Waals surface area contributed by atoms with Gasteiger partial charge in [-0.05, 0) is 60.7 Å². The Bertz CT molecular complexity index is 1100. The number of rotatable bonds is 3. The average Bonchev–Trinajstić information content (AvgIpc) is 2.77. The standard InChI is InChI=1S/C25H24BrNO3/c1-29-23-12-16-9-10-27-20-7-4-8-22(28)25(20)19(15-5-3-6-17(26)11-15)13-21(27)18(16)14-24(23)30-2/h3,5-6,11-14,19H,4,7-10H2,1-2H3/t19-/m1/s1. The van der Waals surface area contributed by atoms with Gasteiger partial charge in [0.15, 0.2) is 17.3 Å². The number of ether oxygens (including phenoxy) is 2. The second-order valence-electron chi connectivity index (χ2n) is 7.99. The topological polar surface area (TPSA) is 38.8 Å². The molecule has 0 bridgehead atoms. The molecule has 30 heavy (non-hydrogen) atoms. The van der Waals surface area contributed by atoms with E-state index in [0.717, 1.165) is 52.9 Å². The van der Waals surface area contributed by atoms with Crippen LogP contribution in [0.2, 0.25) is 0 Å². The van der Waals surface area contributed by atoms with E-state index in [9.17, 15) is 4.79 Å². The Morgan fingerprint density at radius 2 is 1.83 bits per heavy atom. The summed E-state index contributed by atoms with van der Waals surface area (Å²) in [7, 11) is 3.35. The van der Waals surface area contributed by atoms with Crippen LogP contribution in [0.3, 0.4) is 0 Å². The van der Waals surface area contributed by atoms with Crippen LogP contribution in [-0.2, 0) is 11.2 Å². The van der Waals surface area contributed by atoms with Crippen molar-refractivity contribution in [2.45, 2.75) is 31.6 Å². The van der Waals surface area contributed by atoms with Gasteiger partial charge < -0.3 is 14.4 Å². The number of carbonyl (C=O) groups is 1. The number of benzene rings is 2. The molecule has 0 fully saturated rings. The number of fused-ring (bicyclic) bond motifs is 4. The van der Waals surface area contributed by atoms with Crippen LogP contribution in [0.15, 0.2) is 58.2 Å². The van der Waals surface area contributed by atoms with E-state index >= 15 is 0 Å². The molecule has 0 N–H and O–H groups in total. The number of hydrogen-bond acceptors (Lipinski definition) is 4. The van der Waals surface area contributed by atoms with E-state index in [-0.39, 0.29) is 11.7 Å². The molecule has 0 aromatic heterocycles. The minimum atomic E-state index is -0.0319. The lowest BCUT2D eigenvalue weighted by Crippen LogP contribution is -2.36. The third kappa shape index (κ3) is 3.07. The predicted molar refractivity (Wildman–Crippen MR) is 121 cm³/mol. The van der Waals surface area contributed by atoms with Crippen LogP contribution in [0.4, 0.5) is 0 Å². The smallest absolute Gasteiger partial charge is 0.161 e. The molecule has 5 heteroatoms. The maximum absolute atomic E-state index is 13.0. The zero-order chi connectivity index (χ0) is 20.8. The van der Waals surface area contributed by atoms with Gasteiger partial charge in [0.1, 0.15) is 0 Å². The van der Waals surface area contributed by atoms with Crippen molar-refractivity contribution in [2.24, 2.45) is 0 Å². The van der Waals surface area contributed by atoms with Crippen molar-refractivity contribution in [3.63, 3.8) is 0 Å². The fourth-order valence-electron chi connectivity index (χ4n) is 5.01. The summed E-state index contributed by atoms with van der Waals surface area (Å²) in [5.41, 5.74) is 6.93. The van der Waals surface area contributed by atoms with Crippen LogP contribution < -0.4 is 9.47 Å². The first kappa shape index (κ1) is 19.4. The number of allylic oxidation sites excluding steroid dienone is 3. The highest BCUT2D eigenvalue weighted by Gasteiger charge is 2.38. The van der Waals surface area contributed by atoms with Gasteiger partial charge >= 0.3 is 0 Å². The molecule has 2 heterocycles. The molecular weight excluding hydrogens is 442 g/mol. The molecule has 154 valence electrons. The van der Waals surface area contributed by atoms with Gasteiger partial charge in [-0.15, -0.1) is 0 Å². The Balaban J connectivity index is 1.71. The van der Waals surface area contributed by atoms with Gasteiger partial charge in [-0.2, -0.15) is 0 Å². The highest BCUT2D eigenvalue weighted by Crippen LogP contribution is 2.48. The number of nitrogens with zero attached hydrogens (tertiary/aromatic N) is 1. The Kier molecular flexibility index (Phi) is 4.94. The fourth-order valence-corrected chi connectivity index (χ4v) is 5.43. The highest BCUT2D eigenvalue weighted by atomic mass is 79.9. The van der Waals surface area contributed by atoms with E-state index < -0.39 is 0 Å². The number of hydrogen-bond donors (Lipinski definition) is 0. The maximum Gasteiger partial charge on any atom is 0.161 e. The lowest BCUT2D eigenvalue weighted by Gasteiger charge is -2.43. The van der Waals surface area contributed by atoms with E-state index in [1.54, 1.807) is 14.2 Å². The summed E-state index contributed by atoms with van der Waals surface area (Å²) in [5, 5.41) is 0. The van der Waals surface area contributed by atoms with Crippen LogP contribution in [0.5, 0.6) is 11.5 Å². The Hall–Kier alpha value is -2.53. The van der Waals surface area contributed by atoms with Gasteiger partial charge in [-0.3, -0.25) is 4.79 Å². The molecule has 0 radical (unpaired) electrons. The molecule has 2 aromatic carbocycles. The maximum atomic E-state index is 13.0. The van der Waals surface area contributed by atoms with E-state index in [2.05, 4.69) is 51.2 Å². The third-order valence-corrected chi connectivity index (χ3v) is 6.87. The second kappa shape index (κ2) is 7.62. The molecule has 0 unspecified atom stereocenters. The Morgan fingerprint density at radius 3 is 2.60 bits per heavy atom. The molecule has 3 aliphatic rings. The van der Waals surface area contributed by atoms with E-state index in [4.69, 9.17) is 9.47 Å². The molecule has 1 aliphatic carbocycles. The van der Waals surface area contributed by atoms with Gasteiger partial charge in [-0.1, -0.05) is 28.1 Å². The first-order chi connectivity index (χ1) is 14.6. The molecule has 2 aliphatic heterocycles. The predicted octanol–water partition coefficient (Wildman–Crippen LogP) is 5.47. The number of carbonyl (C=O) groups excluding carboxylic acids is 1. The molecule has 4 nitrogen and oxygen atoms in total. The van der Waals surface area contributed by atoms with Crippen molar-refractivity contribution in [1.82, 2.24) is 4.90 Å². The van der Waals surface area contributed by atoms with Crippen LogP contribution in [0, 0.1) is 0 Å². The Morgan fingerprint density at radius 1 is 1.03 bits per heavy atom. The van der Waals surface area contributed by atoms with Crippen molar-refractivity contribution in [3.05, 3.63) is 74.9 Å². The molecule has 0 amide bonds. The minimum Gasteiger partial charge on any atom is -0.493 e. The lowest BCUT2D eigenvalue weighted by molar-refractivity contribution is -0.116. The van der Waals surface area contributed by atoms with E-state index in [1.807, 2.05) is 12.1 Å². The molecule has 0 saturated heterocycles. The molecule has 2 aromatic rings. The van der Waals surface area contributed by atoms with Crippen LogP contribution in [0.25, 0.3) is 5.70 Å². The van der Waals surface area contributed by atoms with E-state index in [1.165, 1.54) is 22.5 Å². The Labute approximate surface area is 185 Å². The molecule has 0 saturated carbocycles. The number of ketones is 1. The lowest BCUT2D eigenvalue weighted by atomic mass is 9.77. The molecular formula is C25H24BrNO3. The summed E-state index contributed by atoms with van der Waals surface area (Å²) < 4.78 is 12.1. The summed E-state index contributed by atoms with van der Waals surface area (Å²) in [6.45, 7) is 0.881. The van der Waals surface area contributed by atoms with Crippen molar-refractivity contribution in [2.75, 3.05) is 20.8 Å². The van der Waals surface area contributed by atoms with Gasteiger partial charge in [0.25, 0.3) is 0 Å². The number of Topliss-reactive ketones (excluding diaryl/α,β-unsaturated/α-hetero) is 1. The SMILES string of the molecule is COc1cc2c(cc1OC)C1=C[C@H](c3cccc(Br)c3)C3=C(CCCC3=O)N1CC2. The molecule has 0 spiro atoms. The summed E-state index contributed by atoms with van der Waals surface area (Å²) in [6, 6.07) is 12.5. The average molecular weight is 466 g/mol. The summed E-state index contributed by atoms with van der Waals surface area (Å²) in [4.78, 5) is 15.4. The van der Waals surface area contributed by atoms with Crippen molar-refractivity contribution < 1.29 is 14.3 Å². The van der Waals surface area contributed by atoms with E-state index in [0.29, 0.717) is 6.42 Å². The van der Waals surface area contributed by atoms with Gasteiger partial charge in [0.2, 0.25) is 0 Å². The monoisotopic (exact) mass is 465 g/mol. The van der Waals surface area contributed by atoms with Crippen LogP contribution in [-0.4, -0.2) is 31.4 Å². The van der Waals surface area contributed by atoms with Gasteiger partial charge in [0.05, 0.1) is 14.2 Å². The van der Waals surface area contributed by atoms with Crippen molar-refractivity contribution in [3.8, 4) is 11.5 Å². The zero-order valence-corrected chi connectivity index (χ0v) is 18.8. The highest BCUT2D eigenvalue weighted by molar-refractivity contribution is 9.10. The van der Waals surface area contributed by atoms with Crippen molar-refractivity contribution >= 4 is 27.4 Å². The largest absolute Gasteiger partial charge is 0.493 e. The summed E-state index contributed by atoms with van der Waals surface area (Å²) in [6.07, 6.45) is 5.70. The first-order valence-corrected chi connectivity index (χ1v) is 11.2. The summed E-state index contributed by atoms with van der Waals surface area (Å²) >= 11 is 3.60. The fraction of sp³-hybridized carbons (Fsp3) is 0.320. The van der Waals surface area contributed by atoms with Gasteiger partial charge in [0, 0.05) is 45.9 Å². The second-order valence-corrected chi connectivity index (χ2v) is 8.90.